The maximum absolute atomic E-state index is 12.8. The minimum atomic E-state index is -0.213. The van der Waals surface area contributed by atoms with Crippen LogP contribution in [0, 0.1) is 20.8 Å². The van der Waals surface area contributed by atoms with E-state index >= 15 is 0 Å². The first-order valence-corrected chi connectivity index (χ1v) is 10.1. The van der Waals surface area contributed by atoms with E-state index < -0.39 is 0 Å². The average Bonchev–Trinajstić information content (AvgIpc) is 2.91. The number of aromatic nitrogens is 2. The summed E-state index contributed by atoms with van der Waals surface area (Å²) in [5, 5.41) is 10.5. The van der Waals surface area contributed by atoms with Crippen LogP contribution in [0.15, 0.2) is 58.0 Å². The van der Waals surface area contributed by atoms with Crippen molar-refractivity contribution >= 4 is 33.5 Å². The van der Waals surface area contributed by atoms with Crippen molar-refractivity contribution in [1.29, 1.82) is 0 Å². The summed E-state index contributed by atoms with van der Waals surface area (Å²) >= 11 is 3.47. The molecule has 0 fully saturated rings. The molecule has 1 aromatic heterocycles. The number of anilines is 1. The molecule has 0 aliphatic rings. The normalized spacial score (nSPS) is 11.4. The number of rotatable bonds is 4. The largest absolute Gasteiger partial charge is 0.326 e. The number of hydrogen-bond donors (Lipinski definition) is 2. The lowest BCUT2D eigenvalue weighted by Gasteiger charge is -2.12. The van der Waals surface area contributed by atoms with E-state index in [2.05, 4.69) is 36.7 Å². The summed E-state index contributed by atoms with van der Waals surface area (Å²) in [4.78, 5) is 17.4. The van der Waals surface area contributed by atoms with Crippen LogP contribution in [0.25, 0.3) is 0 Å². The molecule has 2 N–H and O–H groups in total. The molecule has 6 nitrogen and oxygen atoms in total. The van der Waals surface area contributed by atoms with Gasteiger partial charge in [-0.2, -0.15) is 5.10 Å². The zero-order valence-corrected chi connectivity index (χ0v) is 18.5. The fraction of sp³-hybridized carbons (Fsp3) is 0.227. The van der Waals surface area contributed by atoms with Crippen molar-refractivity contribution in [3.8, 4) is 0 Å². The zero-order valence-electron chi connectivity index (χ0n) is 17.0. The Hall–Kier alpha value is -2.93. The van der Waals surface area contributed by atoms with Crippen molar-refractivity contribution in [2.75, 3.05) is 5.32 Å². The zero-order chi connectivity index (χ0) is 21.0. The van der Waals surface area contributed by atoms with Crippen LogP contribution >= 0.6 is 15.9 Å². The molecule has 0 spiro atoms. The molecule has 1 amide bonds. The summed E-state index contributed by atoms with van der Waals surface area (Å²) in [5.74, 6) is 0.173. The van der Waals surface area contributed by atoms with Crippen LogP contribution in [-0.2, 0) is 13.6 Å². The number of halogens is 1. The molecule has 0 radical (unpaired) electrons. The molecule has 1 heterocycles. The highest BCUT2D eigenvalue weighted by Crippen LogP contribution is 2.17. The Morgan fingerprint density at radius 3 is 2.55 bits per heavy atom. The number of nitrogens with zero attached hydrogens (tertiary/aromatic N) is 3. The molecule has 3 rings (SSSR count). The monoisotopic (exact) mass is 453 g/mol. The standard InChI is InChI=1S/C22H24BrN5O/c1-14-7-5-8-17(11-14)21(29)26-22(25-19-10-6-9-18(23)12-19)24-13-20-15(2)27-28(4)16(20)3/h5-12H,13H2,1-4H3,(H2,24,25,26,29). The molecular formula is C22H24BrN5O. The number of carbonyl (C=O) groups excluding carboxylic acids is 1. The van der Waals surface area contributed by atoms with Gasteiger partial charge in [-0.05, 0) is 51.1 Å². The maximum Gasteiger partial charge on any atom is 0.257 e. The van der Waals surface area contributed by atoms with E-state index in [0.29, 0.717) is 18.1 Å². The van der Waals surface area contributed by atoms with Crippen molar-refractivity contribution in [2.24, 2.45) is 12.0 Å². The molecule has 0 saturated heterocycles. The summed E-state index contributed by atoms with van der Waals surface area (Å²) in [5.41, 5.74) is 5.46. The van der Waals surface area contributed by atoms with Gasteiger partial charge in [0.1, 0.15) is 0 Å². The van der Waals surface area contributed by atoms with Gasteiger partial charge in [0.05, 0.1) is 12.2 Å². The highest BCUT2D eigenvalue weighted by atomic mass is 79.9. The van der Waals surface area contributed by atoms with Crippen LogP contribution in [0.5, 0.6) is 0 Å². The number of guanidine groups is 1. The number of nitrogens with one attached hydrogen (secondary N) is 2. The van der Waals surface area contributed by atoms with E-state index in [0.717, 1.165) is 32.7 Å². The van der Waals surface area contributed by atoms with Crippen LogP contribution < -0.4 is 10.6 Å². The first kappa shape index (κ1) is 20.8. The Kier molecular flexibility index (Phi) is 6.49. The Morgan fingerprint density at radius 1 is 1.14 bits per heavy atom. The summed E-state index contributed by atoms with van der Waals surface area (Å²) < 4.78 is 2.78. The van der Waals surface area contributed by atoms with Crippen LogP contribution in [0.1, 0.15) is 32.9 Å². The van der Waals surface area contributed by atoms with Gasteiger partial charge < -0.3 is 5.32 Å². The molecule has 29 heavy (non-hydrogen) atoms. The molecule has 0 aliphatic heterocycles. The SMILES string of the molecule is Cc1cccc(C(=O)NC(=NCc2c(C)nn(C)c2C)Nc2cccc(Br)c2)c1. The van der Waals surface area contributed by atoms with E-state index in [-0.39, 0.29) is 5.91 Å². The van der Waals surface area contributed by atoms with Crippen molar-refractivity contribution in [2.45, 2.75) is 27.3 Å². The van der Waals surface area contributed by atoms with Gasteiger partial charge in [0, 0.05) is 34.0 Å². The molecule has 3 aromatic rings. The fourth-order valence-electron chi connectivity index (χ4n) is 2.98. The predicted octanol–water partition coefficient (Wildman–Crippen LogP) is 4.51. The Bertz CT molecular complexity index is 1070. The lowest BCUT2D eigenvalue weighted by molar-refractivity contribution is 0.0977. The van der Waals surface area contributed by atoms with Gasteiger partial charge in [-0.1, -0.05) is 39.7 Å². The third-order valence-electron chi connectivity index (χ3n) is 4.65. The number of amides is 1. The molecule has 0 saturated carbocycles. The van der Waals surface area contributed by atoms with Crippen molar-refractivity contribution in [3.63, 3.8) is 0 Å². The topological polar surface area (TPSA) is 71.3 Å². The van der Waals surface area contributed by atoms with Crippen molar-refractivity contribution in [3.05, 3.63) is 81.1 Å². The van der Waals surface area contributed by atoms with Gasteiger partial charge in [-0.25, -0.2) is 4.99 Å². The quantitative estimate of drug-likeness (QED) is 0.450. The number of benzene rings is 2. The number of aliphatic imine (C=N–C) groups is 1. The van der Waals surface area contributed by atoms with E-state index in [1.807, 2.05) is 75.0 Å². The van der Waals surface area contributed by atoms with E-state index in [1.54, 1.807) is 6.07 Å². The van der Waals surface area contributed by atoms with E-state index in [1.165, 1.54) is 0 Å². The Labute approximate surface area is 179 Å². The first-order chi connectivity index (χ1) is 13.8. The lowest BCUT2D eigenvalue weighted by Crippen LogP contribution is -2.36. The fourth-order valence-corrected chi connectivity index (χ4v) is 3.38. The maximum atomic E-state index is 12.8. The molecule has 150 valence electrons. The highest BCUT2D eigenvalue weighted by molar-refractivity contribution is 9.10. The molecule has 7 heteroatoms. The Balaban J connectivity index is 1.87. The Morgan fingerprint density at radius 2 is 1.90 bits per heavy atom. The molecule has 2 aromatic carbocycles. The van der Waals surface area contributed by atoms with Gasteiger partial charge in [-0.3, -0.25) is 14.8 Å². The summed E-state index contributed by atoms with van der Waals surface area (Å²) in [6, 6.07) is 15.2. The number of carbonyl (C=O) groups is 1. The van der Waals surface area contributed by atoms with Crippen molar-refractivity contribution < 1.29 is 4.79 Å². The minimum Gasteiger partial charge on any atom is -0.326 e. The molecule has 0 aliphatic carbocycles. The van der Waals surface area contributed by atoms with Crippen LogP contribution in [0.4, 0.5) is 5.69 Å². The predicted molar refractivity (Wildman–Crippen MR) is 120 cm³/mol. The van der Waals surface area contributed by atoms with Crippen LogP contribution in [0.2, 0.25) is 0 Å². The van der Waals surface area contributed by atoms with Gasteiger partial charge in [-0.15, -0.1) is 0 Å². The summed E-state index contributed by atoms with van der Waals surface area (Å²) in [6.45, 7) is 6.34. The average molecular weight is 454 g/mol. The lowest BCUT2D eigenvalue weighted by atomic mass is 10.1. The van der Waals surface area contributed by atoms with Gasteiger partial charge in [0.2, 0.25) is 5.96 Å². The first-order valence-electron chi connectivity index (χ1n) is 9.27. The van der Waals surface area contributed by atoms with Gasteiger partial charge in [0.25, 0.3) is 5.91 Å². The summed E-state index contributed by atoms with van der Waals surface area (Å²) in [7, 11) is 1.91. The molecule has 0 atom stereocenters. The second-order valence-electron chi connectivity index (χ2n) is 6.90. The molecule has 0 bridgehead atoms. The smallest absolute Gasteiger partial charge is 0.257 e. The van der Waals surface area contributed by atoms with Crippen molar-refractivity contribution in [1.82, 2.24) is 15.1 Å². The number of aryl methyl sites for hydroxylation is 3. The van der Waals surface area contributed by atoms with Crippen LogP contribution in [0.3, 0.4) is 0 Å². The molecule has 0 unspecified atom stereocenters. The third kappa shape index (κ3) is 5.32. The second kappa shape index (κ2) is 9.05. The highest BCUT2D eigenvalue weighted by Gasteiger charge is 2.12. The van der Waals surface area contributed by atoms with E-state index in [9.17, 15) is 4.79 Å². The summed E-state index contributed by atoms with van der Waals surface area (Å²) in [6.07, 6.45) is 0. The third-order valence-corrected chi connectivity index (χ3v) is 5.15. The van der Waals surface area contributed by atoms with E-state index in [4.69, 9.17) is 0 Å². The molecular weight excluding hydrogens is 430 g/mol. The second-order valence-corrected chi connectivity index (χ2v) is 7.81. The number of hydrogen-bond acceptors (Lipinski definition) is 3. The van der Waals surface area contributed by atoms with Gasteiger partial charge in [0.15, 0.2) is 0 Å². The minimum absolute atomic E-state index is 0.213. The van der Waals surface area contributed by atoms with Gasteiger partial charge >= 0.3 is 0 Å². The van der Waals surface area contributed by atoms with Crippen LogP contribution in [-0.4, -0.2) is 21.6 Å².